The highest BCUT2D eigenvalue weighted by Gasteiger charge is 2.26. The molecule has 0 saturated carbocycles. The van der Waals surface area contributed by atoms with Gasteiger partial charge in [-0.25, -0.2) is 12.7 Å². The first-order chi connectivity index (χ1) is 9.90. The minimum atomic E-state index is -3.14. The van der Waals surface area contributed by atoms with Crippen LogP contribution in [0.1, 0.15) is 18.4 Å². The average Bonchev–Trinajstić information content (AvgIpc) is 2.45. The summed E-state index contributed by atoms with van der Waals surface area (Å²) in [7, 11) is -3.14. The van der Waals surface area contributed by atoms with Crippen LogP contribution in [0.25, 0.3) is 0 Å². The fraction of sp³-hybridized carbons (Fsp3) is 0.500. The van der Waals surface area contributed by atoms with E-state index in [0.29, 0.717) is 31.0 Å². The molecule has 21 heavy (non-hydrogen) atoms. The summed E-state index contributed by atoms with van der Waals surface area (Å²) in [5.74, 6) is 0.695. The van der Waals surface area contributed by atoms with Crippen molar-refractivity contribution in [2.24, 2.45) is 5.92 Å². The maximum Gasteiger partial charge on any atom is 0.211 e. The topological polar surface area (TPSA) is 70.4 Å². The lowest BCUT2D eigenvalue weighted by Crippen LogP contribution is -2.40. The van der Waals surface area contributed by atoms with Gasteiger partial charge >= 0.3 is 0 Å². The largest absolute Gasteiger partial charge is 0.492 e. The molecule has 114 valence electrons. The van der Waals surface area contributed by atoms with Gasteiger partial charge in [-0.15, -0.1) is 0 Å². The number of hydrogen-bond donors (Lipinski definition) is 0. The van der Waals surface area contributed by atoms with Crippen LogP contribution >= 0.6 is 15.9 Å². The first-order valence-corrected chi connectivity index (χ1v) is 9.32. The van der Waals surface area contributed by atoms with Gasteiger partial charge in [-0.3, -0.25) is 0 Å². The van der Waals surface area contributed by atoms with Crippen LogP contribution in [0.15, 0.2) is 22.7 Å². The van der Waals surface area contributed by atoms with Gasteiger partial charge < -0.3 is 4.74 Å². The van der Waals surface area contributed by atoms with Crippen LogP contribution in [0.4, 0.5) is 0 Å². The van der Waals surface area contributed by atoms with E-state index < -0.39 is 10.0 Å². The Balaban J connectivity index is 1.99. The first-order valence-electron chi connectivity index (χ1n) is 6.67. The molecule has 1 aliphatic heterocycles. The molecule has 0 amide bonds. The standard InChI is InChI=1S/C14H17BrN2O3S/c1-21(18,19)17-6-2-3-11(9-17)10-20-14-5-4-13(15)7-12(14)8-16/h4-5,7,11H,2-3,6,9-10H2,1H3. The van der Waals surface area contributed by atoms with Crippen LogP contribution < -0.4 is 4.74 Å². The summed E-state index contributed by atoms with van der Waals surface area (Å²) in [6.07, 6.45) is 3.01. The Hall–Kier alpha value is -1.10. The highest BCUT2D eigenvalue weighted by atomic mass is 79.9. The van der Waals surface area contributed by atoms with Crippen molar-refractivity contribution in [2.75, 3.05) is 26.0 Å². The Bertz CT molecular complexity index is 655. The number of ether oxygens (including phenoxy) is 1. The predicted molar refractivity (Wildman–Crippen MR) is 83.5 cm³/mol. The van der Waals surface area contributed by atoms with Gasteiger partial charge in [0.1, 0.15) is 11.8 Å². The van der Waals surface area contributed by atoms with Crippen LogP contribution in [0.2, 0.25) is 0 Å². The second-order valence-electron chi connectivity index (χ2n) is 5.19. The molecule has 7 heteroatoms. The number of piperidine rings is 1. The van der Waals surface area contributed by atoms with Crippen molar-refractivity contribution < 1.29 is 13.2 Å². The van der Waals surface area contributed by atoms with Gasteiger partial charge in [0, 0.05) is 23.5 Å². The molecule has 1 aromatic carbocycles. The summed E-state index contributed by atoms with van der Waals surface area (Å²) >= 11 is 3.31. The summed E-state index contributed by atoms with van der Waals surface area (Å²) in [5.41, 5.74) is 0.472. The lowest BCUT2D eigenvalue weighted by molar-refractivity contribution is 0.180. The van der Waals surface area contributed by atoms with E-state index in [0.717, 1.165) is 17.3 Å². The van der Waals surface area contributed by atoms with Crippen molar-refractivity contribution in [1.29, 1.82) is 5.26 Å². The van der Waals surface area contributed by atoms with Crippen molar-refractivity contribution in [3.63, 3.8) is 0 Å². The molecule has 0 spiro atoms. The number of hydrogen-bond acceptors (Lipinski definition) is 4. The first kappa shape index (κ1) is 16.3. The minimum Gasteiger partial charge on any atom is -0.492 e. The summed E-state index contributed by atoms with van der Waals surface area (Å²) in [6, 6.07) is 7.37. The monoisotopic (exact) mass is 372 g/mol. The van der Waals surface area contributed by atoms with E-state index in [9.17, 15) is 8.42 Å². The molecule has 1 saturated heterocycles. The number of nitrogens with zero attached hydrogens (tertiary/aromatic N) is 2. The normalized spacial score (nSPS) is 20.0. The van der Waals surface area contributed by atoms with Gasteiger partial charge in [-0.05, 0) is 31.0 Å². The number of sulfonamides is 1. The van der Waals surface area contributed by atoms with Crippen molar-refractivity contribution >= 4 is 26.0 Å². The zero-order valence-corrected chi connectivity index (χ0v) is 14.2. The smallest absolute Gasteiger partial charge is 0.211 e. The third kappa shape index (κ3) is 4.43. The Morgan fingerprint density at radius 2 is 2.29 bits per heavy atom. The van der Waals surface area contributed by atoms with E-state index in [1.807, 2.05) is 6.07 Å². The van der Waals surface area contributed by atoms with E-state index in [4.69, 9.17) is 10.00 Å². The number of halogens is 1. The zero-order chi connectivity index (χ0) is 15.5. The lowest BCUT2D eigenvalue weighted by Gasteiger charge is -2.30. The molecule has 0 bridgehead atoms. The van der Waals surface area contributed by atoms with Crippen molar-refractivity contribution in [3.8, 4) is 11.8 Å². The van der Waals surface area contributed by atoms with Crippen LogP contribution in [0.3, 0.4) is 0 Å². The molecule has 2 rings (SSSR count). The fourth-order valence-electron chi connectivity index (χ4n) is 2.39. The third-order valence-electron chi connectivity index (χ3n) is 3.49. The minimum absolute atomic E-state index is 0.156. The maximum absolute atomic E-state index is 11.6. The summed E-state index contributed by atoms with van der Waals surface area (Å²) in [6.45, 7) is 1.48. The summed E-state index contributed by atoms with van der Waals surface area (Å²) < 4.78 is 31.2. The highest BCUT2D eigenvalue weighted by Crippen LogP contribution is 2.25. The van der Waals surface area contributed by atoms with Gasteiger partial charge in [0.25, 0.3) is 0 Å². The molecule has 0 N–H and O–H groups in total. The summed E-state index contributed by atoms with van der Waals surface area (Å²) in [5, 5.41) is 9.09. The van der Waals surface area contributed by atoms with Gasteiger partial charge in [-0.2, -0.15) is 5.26 Å². The predicted octanol–water partition coefficient (Wildman–Crippen LogP) is 2.37. The van der Waals surface area contributed by atoms with Crippen LogP contribution in [0, 0.1) is 17.2 Å². The quantitative estimate of drug-likeness (QED) is 0.813. The molecule has 1 heterocycles. The van der Waals surface area contributed by atoms with Gasteiger partial charge in [0.05, 0.1) is 18.4 Å². The number of benzene rings is 1. The van der Waals surface area contributed by atoms with Crippen LogP contribution in [-0.2, 0) is 10.0 Å². The van der Waals surface area contributed by atoms with Crippen LogP contribution in [-0.4, -0.2) is 38.7 Å². The maximum atomic E-state index is 11.6. The molecule has 1 aliphatic rings. The lowest BCUT2D eigenvalue weighted by atomic mass is 10.0. The fourth-order valence-corrected chi connectivity index (χ4v) is 3.69. The zero-order valence-electron chi connectivity index (χ0n) is 11.8. The van der Waals surface area contributed by atoms with E-state index in [2.05, 4.69) is 22.0 Å². The van der Waals surface area contributed by atoms with E-state index in [1.54, 1.807) is 12.1 Å². The highest BCUT2D eigenvalue weighted by molar-refractivity contribution is 9.10. The average molecular weight is 373 g/mol. The Morgan fingerprint density at radius 1 is 1.52 bits per heavy atom. The van der Waals surface area contributed by atoms with Gasteiger partial charge in [0.2, 0.25) is 10.0 Å². The molecule has 0 radical (unpaired) electrons. The van der Waals surface area contributed by atoms with Gasteiger partial charge in [0.15, 0.2) is 0 Å². The number of nitriles is 1. The van der Waals surface area contributed by atoms with Crippen molar-refractivity contribution in [3.05, 3.63) is 28.2 Å². The van der Waals surface area contributed by atoms with E-state index in [-0.39, 0.29) is 5.92 Å². The molecule has 5 nitrogen and oxygen atoms in total. The molecule has 1 aromatic rings. The Morgan fingerprint density at radius 3 is 2.95 bits per heavy atom. The SMILES string of the molecule is CS(=O)(=O)N1CCCC(COc2ccc(Br)cc2C#N)C1. The Labute approximate surface area is 133 Å². The van der Waals surface area contributed by atoms with Gasteiger partial charge in [-0.1, -0.05) is 15.9 Å². The molecular formula is C14H17BrN2O3S. The van der Waals surface area contributed by atoms with Crippen LogP contribution in [0.5, 0.6) is 5.75 Å². The van der Waals surface area contributed by atoms with E-state index >= 15 is 0 Å². The summed E-state index contributed by atoms with van der Waals surface area (Å²) in [4.78, 5) is 0. The molecule has 1 unspecified atom stereocenters. The van der Waals surface area contributed by atoms with E-state index in [1.165, 1.54) is 10.6 Å². The second-order valence-corrected chi connectivity index (χ2v) is 8.09. The second kappa shape index (κ2) is 6.77. The van der Waals surface area contributed by atoms with Crippen molar-refractivity contribution in [2.45, 2.75) is 12.8 Å². The molecule has 1 atom stereocenters. The molecule has 1 fully saturated rings. The Kier molecular flexibility index (Phi) is 5.25. The molecule has 0 aromatic heterocycles. The molecular weight excluding hydrogens is 356 g/mol. The third-order valence-corrected chi connectivity index (χ3v) is 5.25. The van der Waals surface area contributed by atoms with Crippen molar-refractivity contribution in [1.82, 2.24) is 4.31 Å². The molecule has 0 aliphatic carbocycles. The number of rotatable bonds is 4.